The predicted molar refractivity (Wildman–Crippen MR) is 64.6 cm³/mol. The Hall–Kier alpha value is -0.890. The largest absolute Gasteiger partial charge is 0.322 e. The van der Waals surface area contributed by atoms with Crippen molar-refractivity contribution >= 4 is 0 Å². The van der Waals surface area contributed by atoms with Crippen molar-refractivity contribution in [2.75, 3.05) is 0 Å². The number of rotatable bonds is 5. The van der Waals surface area contributed by atoms with E-state index in [0.717, 1.165) is 25.0 Å². The van der Waals surface area contributed by atoms with Gasteiger partial charge in [-0.2, -0.15) is 0 Å². The summed E-state index contributed by atoms with van der Waals surface area (Å²) in [6, 6.07) is 4.21. The van der Waals surface area contributed by atoms with Gasteiger partial charge in [0.05, 0.1) is 11.7 Å². The molecule has 2 heteroatoms. The second-order valence-electron chi connectivity index (χ2n) is 4.00. The number of hydrogen-bond donors (Lipinski definition) is 1. The molecule has 0 aromatic carbocycles. The molecule has 0 aliphatic carbocycles. The Morgan fingerprint density at radius 1 is 1.27 bits per heavy atom. The molecule has 1 aromatic rings. The Morgan fingerprint density at radius 3 is 2.47 bits per heavy atom. The highest BCUT2D eigenvalue weighted by atomic mass is 14.8. The maximum atomic E-state index is 6.27. The van der Waals surface area contributed by atoms with E-state index in [-0.39, 0.29) is 6.04 Å². The van der Waals surface area contributed by atoms with Crippen molar-refractivity contribution in [3.63, 3.8) is 0 Å². The summed E-state index contributed by atoms with van der Waals surface area (Å²) in [7, 11) is 0. The maximum Gasteiger partial charge on any atom is 0.0605 e. The number of hydrogen-bond acceptors (Lipinski definition) is 2. The van der Waals surface area contributed by atoms with Crippen LogP contribution in [0.5, 0.6) is 0 Å². The van der Waals surface area contributed by atoms with Gasteiger partial charge in [0, 0.05) is 6.20 Å². The summed E-state index contributed by atoms with van der Waals surface area (Å²) in [5, 5.41) is 0. The van der Waals surface area contributed by atoms with E-state index < -0.39 is 0 Å². The van der Waals surface area contributed by atoms with Gasteiger partial charge in [0.25, 0.3) is 0 Å². The van der Waals surface area contributed by atoms with E-state index in [1.54, 1.807) is 0 Å². The standard InChI is InChI=1S/C13H22N2/c1-4-10(5-2)12(14)13-11(6-3)8-7-9-15-13/h7-10,12H,4-6,14H2,1-3H3. The van der Waals surface area contributed by atoms with Gasteiger partial charge < -0.3 is 5.73 Å². The second kappa shape index (κ2) is 5.86. The maximum absolute atomic E-state index is 6.27. The van der Waals surface area contributed by atoms with Crippen LogP contribution in [-0.2, 0) is 6.42 Å². The Morgan fingerprint density at radius 2 is 1.93 bits per heavy atom. The molecule has 0 spiro atoms. The summed E-state index contributed by atoms with van der Waals surface area (Å²) < 4.78 is 0. The molecule has 1 aromatic heterocycles. The number of pyridine rings is 1. The van der Waals surface area contributed by atoms with Gasteiger partial charge in [-0.25, -0.2) is 0 Å². The van der Waals surface area contributed by atoms with Gasteiger partial charge in [0.15, 0.2) is 0 Å². The van der Waals surface area contributed by atoms with Crippen LogP contribution in [-0.4, -0.2) is 4.98 Å². The van der Waals surface area contributed by atoms with Gasteiger partial charge in [-0.05, 0) is 24.0 Å². The second-order valence-corrected chi connectivity index (χ2v) is 4.00. The first-order chi connectivity index (χ1) is 7.24. The summed E-state index contributed by atoms with van der Waals surface area (Å²) in [4.78, 5) is 4.44. The van der Waals surface area contributed by atoms with E-state index in [0.29, 0.717) is 5.92 Å². The third-order valence-corrected chi connectivity index (χ3v) is 3.18. The highest BCUT2D eigenvalue weighted by molar-refractivity contribution is 5.23. The fourth-order valence-electron chi connectivity index (χ4n) is 2.07. The van der Waals surface area contributed by atoms with Crippen molar-refractivity contribution < 1.29 is 0 Å². The van der Waals surface area contributed by atoms with Gasteiger partial charge >= 0.3 is 0 Å². The molecule has 0 aliphatic rings. The minimum atomic E-state index is 0.0937. The molecular formula is C13H22N2. The van der Waals surface area contributed by atoms with Crippen molar-refractivity contribution in [1.82, 2.24) is 4.98 Å². The van der Waals surface area contributed by atoms with Crippen LogP contribution in [0.2, 0.25) is 0 Å². The molecule has 0 amide bonds. The van der Waals surface area contributed by atoms with E-state index in [1.165, 1.54) is 5.56 Å². The van der Waals surface area contributed by atoms with E-state index in [9.17, 15) is 0 Å². The quantitative estimate of drug-likeness (QED) is 0.804. The fourth-order valence-corrected chi connectivity index (χ4v) is 2.07. The smallest absolute Gasteiger partial charge is 0.0605 e. The van der Waals surface area contributed by atoms with Gasteiger partial charge in [0.1, 0.15) is 0 Å². The van der Waals surface area contributed by atoms with Crippen LogP contribution in [0.25, 0.3) is 0 Å². The molecule has 84 valence electrons. The van der Waals surface area contributed by atoms with Crippen LogP contribution in [0.3, 0.4) is 0 Å². The van der Waals surface area contributed by atoms with Crippen LogP contribution in [0, 0.1) is 5.92 Å². The van der Waals surface area contributed by atoms with E-state index in [1.807, 2.05) is 12.3 Å². The Labute approximate surface area is 92.9 Å². The molecular weight excluding hydrogens is 184 g/mol. The zero-order valence-electron chi connectivity index (χ0n) is 10.0. The molecule has 1 heterocycles. The Balaban J connectivity index is 2.93. The normalized spacial score (nSPS) is 13.1. The monoisotopic (exact) mass is 206 g/mol. The van der Waals surface area contributed by atoms with Crippen LogP contribution in [0.1, 0.15) is 50.9 Å². The lowest BCUT2D eigenvalue weighted by atomic mass is 9.90. The SMILES string of the molecule is CCc1cccnc1C(N)C(CC)CC. The first-order valence-corrected chi connectivity index (χ1v) is 5.93. The summed E-state index contributed by atoms with van der Waals surface area (Å²) in [5.41, 5.74) is 8.65. The molecule has 2 N–H and O–H groups in total. The molecule has 1 rings (SSSR count). The topological polar surface area (TPSA) is 38.9 Å². The third kappa shape index (κ3) is 2.78. The minimum absolute atomic E-state index is 0.0937. The summed E-state index contributed by atoms with van der Waals surface area (Å²) in [6.07, 6.45) is 5.10. The fraction of sp³-hybridized carbons (Fsp3) is 0.615. The zero-order chi connectivity index (χ0) is 11.3. The highest BCUT2D eigenvalue weighted by Gasteiger charge is 2.19. The molecule has 2 nitrogen and oxygen atoms in total. The summed E-state index contributed by atoms with van der Waals surface area (Å²) in [6.45, 7) is 6.55. The molecule has 0 saturated carbocycles. The van der Waals surface area contributed by atoms with E-state index >= 15 is 0 Å². The van der Waals surface area contributed by atoms with Gasteiger partial charge in [-0.1, -0.05) is 39.7 Å². The first-order valence-electron chi connectivity index (χ1n) is 5.93. The van der Waals surface area contributed by atoms with Crippen molar-refractivity contribution in [3.8, 4) is 0 Å². The zero-order valence-corrected chi connectivity index (χ0v) is 10.0. The van der Waals surface area contributed by atoms with Crippen molar-refractivity contribution in [3.05, 3.63) is 29.6 Å². The van der Waals surface area contributed by atoms with E-state index in [2.05, 4.69) is 31.8 Å². The van der Waals surface area contributed by atoms with Crippen molar-refractivity contribution in [2.24, 2.45) is 11.7 Å². The molecule has 0 radical (unpaired) electrons. The van der Waals surface area contributed by atoms with Gasteiger partial charge in [-0.3, -0.25) is 4.98 Å². The van der Waals surface area contributed by atoms with Gasteiger partial charge in [-0.15, -0.1) is 0 Å². The lowest BCUT2D eigenvalue weighted by molar-refractivity contribution is 0.397. The molecule has 1 atom stereocenters. The van der Waals surface area contributed by atoms with E-state index in [4.69, 9.17) is 5.73 Å². The number of aromatic nitrogens is 1. The molecule has 0 bridgehead atoms. The lowest BCUT2D eigenvalue weighted by Gasteiger charge is -2.22. The van der Waals surface area contributed by atoms with Crippen LogP contribution >= 0.6 is 0 Å². The third-order valence-electron chi connectivity index (χ3n) is 3.18. The van der Waals surface area contributed by atoms with Crippen LogP contribution in [0.4, 0.5) is 0 Å². The molecule has 15 heavy (non-hydrogen) atoms. The number of nitrogens with two attached hydrogens (primary N) is 1. The van der Waals surface area contributed by atoms with Gasteiger partial charge in [0.2, 0.25) is 0 Å². The Kier molecular flexibility index (Phi) is 4.76. The lowest BCUT2D eigenvalue weighted by Crippen LogP contribution is -2.23. The molecule has 1 unspecified atom stereocenters. The molecule has 0 aliphatic heterocycles. The van der Waals surface area contributed by atoms with Crippen molar-refractivity contribution in [1.29, 1.82) is 0 Å². The molecule has 0 fully saturated rings. The molecule has 0 saturated heterocycles. The summed E-state index contributed by atoms with van der Waals surface area (Å²) >= 11 is 0. The van der Waals surface area contributed by atoms with Crippen LogP contribution < -0.4 is 5.73 Å². The minimum Gasteiger partial charge on any atom is -0.322 e. The number of nitrogens with zero attached hydrogens (tertiary/aromatic N) is 1. The number of aryl methyl sites for hydroxylation is 1. The summed E-state index contributed by atoms with van der Waals surface area (Å²) in [5.74, 6) is 0.546. The average Bonchev–Trinajstić information content (AvgIpc) is 2.30. The first kappa shape index (κ1) is 12.2. The average molecular weight is 206 g/mol. The predicted octanol–water partition coefficient (Wildman–Crippen LogP) is 3.08. The van der Waals surface area contributed by atoms with Crippen LogP contribution in [0.15, 0.2) is 18.3 Å². The van der Waals surface area contributed by atoms with Crippen molar-refractivity contribution in [2.45, 2.75) is 46.1 Å². The highest BCUT2D eigenvalue weighted by Crippen LogP contribution is 2.25. The Bertz CT molecular complexity index is 292.